The summed E-state index contributed by atoms with van der Waals surface area (Å²) in [6.07, 6.45) is 8.22. The van der Waals surface area contributed by atoms with Crippen molar-refractivity contribution in [1.82, 2.24) is 0 Å². The van der Waals surface area contributed by atoms with E-state index < -0.39 is 9.15 Å². The van der Waals surface area contributed by atoms with Gasteiger partial charge < -0.3 is 29.2 Å². The lowest BCUT2D eigenvalue weighted by atomic mass is 9.70. The second kappa shape index (κ2) is 18.1. The van der Waals surface area contributed by atoms with E-state index in [9.17, 15) is 19.2 Å². The van der Waals surface area contributed by atoms with Crippen molar-refractivity contribution in [3.8, 4) is 0 Å². The number of carbonyl (C=O) groups excluding carboxylic acids is 4. The summed E-state index contributed by atoms with van der Waals surface area (Å²) in [5.41, 5.74) is 0.809. The molecular formula is C36H60Br2O10. The number of rotatable bonds is 9. The summed E-state index contributed by atoms with van der Waals surface area (Å²) >= 11 is 6.24. The summed E-state index contributed by atoms with van der Waals surface area (Å²) in [7, 11) is 0. The predicted octanol–water partition coefficient (Wildman–Crippen LogP) is 6.70. The van der Waals surface area contributed by atoms with Crippen LogP contribution in [-0.4, -0.2) is 81.9 Å². The van der Waals surface area contributed by atoms with Gasteiger partial charge in [0.15, 0.2) is 0 Å². The lowest BCUT2D eigenvalue weighted by Crippen LogP contribution is -2.39. The molecule has 4 fully saturated rings. The quantitative estimate of drug-likeness (QED) is 0.112. The molecule has 2 N–H and O–H groups in total. The minimum absolute atomic E-state index is 0.00958. The number of carbonyl (C=O) groups is 4. The second-order valence-electron chi connectivity index (χ2n) is 15.2. The first-order valence-corrected chi connectivity index (χ1v) is 18.6. The van der Waals surface area contributed by atoms with Gasteiger partial charge in [0, 0.05) is 23.8 Å². The number of hydrogen-bond donors (Lipinski definition) is 2. The van der Waals surface area contributed by atoms with Gasteiger partial charge >= 0.3 is 23.9 Å². The van der Waals surface area contributed by atoms with Crippen molar-refractivity contribution in [2.75, 3.05) is 26.4 Å². The molecule has 4 aliphatic rings. The number of hydrogen-bond acceptors (Lipinski definition) is 10. The van der Waals surface area contributed by atoms with Crippen LogP contribution >= 0.6 is 31.9 Å². The average molecular weight is 813 g/mol. The molecule has 0 aromatic heterocycles. The SMILES string of the molecule is C=CC(=O)O[C@@H]1C[C@@H]2CC[C@]1(C)C2(C)C.CC(C)(Br)C(=O)OCCO.CC1(C)[C@H]2CC[C@@]1(C)[C@H](OC(=O)C(Br)CO)C2.CCOC(C)=O. The van der Waals surface area contributed by atoms with E-state index in [0.717, 1.165) is 19.3 Å². The molecule has 7 atom stereocenters. The fraction of sp³-hybridized carbons (Fsp3) is 0.833. The van der Waals surface area contributed by atoms with E-state index in [1.54, 1.807) is 20.8 Å². The lowest BCUT2D eigenvalue weighted by Gasteiger charge is -2.38. The van der Waals surface area contributed by atoms with Crippen LogP contribution in [0.25, 0.3) is 0 Å². The standard InChI is InChI=1S/C13H21BrO3.C13H20O2.C6H11BrO3.C4H8O2/c1-12(2)8-4-5-13(12,3)10(6-8)17-11(16)9(14)7-15;1-5-11(14)15-10-8-9-6-7-13(10,4)12(9,2)3;1-6(2,7)5(9)10-4-3-8;1-3-6-4(2)5/h8-10,15H,4-7H2,1-3H3;5,9-10H,1,6-8H2,2-4H3;8H,3-4H2,1-2H3;3H2,1-2H3/t8-,9?,10+,13-;9-,10+,13-;;/m00../s1. The van der Waals surface area contributed by atoms with Gasteiger partial charge in [0.05, 0.1) is 19.8 Å². The van der Waals surface area contributed by atoms with Gasteiger partial charge in [-0.25, -0.2) is 4.79 Å². The smallest absolute Gasteiger partial charge is 0.330 e. The summed E-state index contributed by atoms with van der Waals surface area (Å²) in [6, 6.07) is 0. The molecule has 0 heterocycles. The molecule has 278 valence electrons. The molecule has 0 amide bonds. The van der Waals surface area contributed by atoms with E-state index in [4.69, 9.17) is 19.7 Å². The monoisotopic (exact) mass is 810 g/mol. The summed E-state index contributed by atoms with van der Waals surface area (Å²) < 4.78 is 19.4. The van der Waals surface area contributed by atoms with Crippen LogP contribution in [0.15, 0.2) is 12.7 Å². The molecule has 48 heavy (non-hydrogen) atoms. The highest BCUT2D eigenvalue weighted by Crippen LogP contribution is 2.67. The van der Waals surface area contributed by atoms with Gasteiger partial charge in [-0.2, -0.15) is 0 Å². The number of fused-ring (bicyclic) bond motifs is 4. The third-order valence-electron chi connectivity index (χ3n) is 11.7. The van der Waals surface area contributed by atoms with Gasteiger partial charge in [-0.1, -0.05) is 80.0 Å². The molecule has 0 aromatic carbocycles. The zero-order valence-corrected chi connectivity index (χ0v) is 33.8. The Morgan fingerprint density at radius 2 is 1.35 bits per heavy atom. The molecule has 4 saturated carbocycles. The molecule has 0 aliphatic heterocycles. The van der Waals surface area contributed by atoms with Gasteiger partial charge in [-0.3, -0.25) is 14.4 Å². The number of aliphatic hydroxyl groups excluding tert-OH is 2. The highest BCUT2D eigenvalue weighted by atomic mass is 79.9. The number of halogens is 2. The van der Waals surface area contributed by atoms with Crippen LogP contribution in [0.3, 0.4) is 0 Å². The van der Waals surface area contributed by atoms with Crippen LogP contribution in [0.1, 0.15) is 108 Å². The summed E-state index contributed by atoms with van der Waals surface area (Å²) in [4.78, 5) is 43.1. The molecule has 0 radical (unpaired) electrons. The van der Waals surface area contributed by atoms with E-state index in [1.807, 2.05) is 0 Å². The van der Waals surface area contributed by atoms with E-state index >= 15 is 0 Å². The van der Waals surface area contributed by atoms with Crippen molar-refractivity contribution in [1.29, 1.82) is 0 Å². The lowest BCUT2D eigenvalue weighted by molar-refractivity contribution is -0.156. The van der Waals surface area contributed by atoms with Crippen molar-refractivity contribution in [2.45, 2.75) is 129 Å². The fourth-order valence-electron chi connectivity index (χ4n) is 7.61. The fourth-order valence-corrected chi connectivity index (χ4v) is 7.83. The molecule has 12 heteroatoms. The molecule has 4 aliphatic carbocycles. The van der Waals surface area contributed by atoms with Crippen molar-refractivity contribution in [3.05, 3.63) is 12.7 Å². The second-order valence-corrected chi connectivity index (χ2v) is 18.3. The molecule has 4 rings (SSSR count). The number of ether oxygens (including phenoxy) is 4. The Bertz CT molecular complexity index is 1120. The highest BCUT2D eigenvalue weighted by molar-refractivity contribution is 9.10. The Labute approximate surface area is 304 Å². The normalized spacial score (nSPS) is 30.5. The van der Waals surface area contributed by atoms with Crippen molar-refractivity contribution in [2.24, 2.45) is 33.5 Å². The third kappa shape index (κ3) is 10.5. The van der Waals surface area contributed by atoms with E-state index in [-0.39, 0.29) is 72.2 Å². The van der Waals surface area contributed by atoms with Crippen molar-refractivity contribution in [3.63, 3.8) is 0 Å². The van der Waals surface area contributed by atoms with Gasteiger partial charge in [-0.05, 0) is 82.0 Å². The minimum atomic E-state index is -0.651. The first kappa shape index (κ1) is 44.5. The molecular weight excluding hydrogens is 752 g/mol. The average Bonchev–Trinajstić information content (AvgIpc) is 3.52. The molecule has 0 spiro atoms. The summed E-state index contributed by atoms with van der Waals surface area (Å²) in [5, 5.41) is 17.2. The maximum atomic E-state index is 11.7. The predicted molar refractivity (Wildman–Crippen MR) is 192 cm³/mol. The molecule has 0 aromatic rings. The summed E-state index contributed by atoms with van der Waals surface area (Å²) in [5.74, 6) is 0.198. The first-order valence-electron chi connectivity index (χ1n) is 16.9. The van der Waals surface area contributed by atoms with Crippen LogP contribution in [0.5, 0.6) is 0 Å². The van der Waals surface area contributed by atoms with Crippen LogP contribution in [-0.2, 0) is 38.1 Å². The molecule has 1 unspecified atom stereocenters. The van der Waals surface area contributed by atoms with Gasteiger partial charge in [0.1, 0.15) is 28.0 Å². The Hall–Kier alpha value is -1.50. The Balaban J connectivity index is 0.000000341. The third-order valence-corrected chi connectivity index (χ3v) is 12.7. The number of esters is 4. The molecule has 10 nitrogen and oxygen atoms in total. The zero-order valence-electron chi connectivity index (χ0n) is 30.7. The van der Waals surface area contributed by atoms with Crippen LogP contribution in [0.2, 0.25) is 0 Å². The number of alkyl halides is 2. The first-order chi connectivity index (χ1) is 22.0. The topological polar surface area (TPSA) is 146 Å². The van der Waals surface area contributed by atoms with Crippen molar-refractivity contribution < 1.29 is 48.3 Å². The van der Waals surface area contributed by atoms with Crippen LogP contribution in [0, 0.1) is 33.5 Å². The minimum Gasteiger partial charge on any atom is -0.466 e. The Morgan fingerprint density at radius 3 is 1.62 bits per heavy atom. The molecule has 4 bridgehead atoms. The number of aliphatic hydroxyl groups is 2. The van der Waals surface area contributed by atoms with Gasteiger partial charge in [-0.15, -0.1) is 0 Å². The zero-order chi connectivity index (χ0) is 37.3. The van der Waals surface area contributed by atoms with Crippen LogP contribution in [0.4, 0.5) is 0 Å². The van der Waals surface area contributed by atoms with Gasteiger partial charge in [0.2, 0.25) is 0 Å². The largest absolute Gasteiger partial charge is 0.466 e. The maximum Gasteiger partial charge on any atom is 0.330 e. The van der Waals surface area contributed by atoms with E-state index in [1.165, 1.54) is 32.3 Å². The van der Waals surface area contributed by atoms with Gasteiger partial charge in [0.25, 0.3) is 0 Å². The van der Waals surface area contributed by atoms with Crippen LogP contribution < -0.4 is 0 Å². The van der Waals surface area contributed by atoms with E-state index in [0.29, 0.717) is 23.9 Å². The Morgan fingerprint density at radius 1 is 0.896 bits per heavy atom. The van der Waals surface area contributed by atoms with Crippen molar-refractivity contribution >= 4 is 55.7 Å². The van der Waals surface area contributed by atoms with E-state index in [2.05, 4.69) is 89.5 Å². The highest BCUT2D eigenvalue weighted by Gasteiger charge is 2.64. The summed E-state index contributed by atoms with van der Waals surface area (Å²) in [6.45, 7) is 23.9. The Kier molecular flexibility index (Phi) is 16.8. The maximum absolute atomic E-state index is 11.7. The molecule has 0 saturated heterocycles.